The normalized spacial score (nSPS) is 14.2. The van der Waals surface area contributed by atoms with Crippen molar-refractivity contribution in [1.82, 2.24) is 0 Å². The summed E-state index contributed by atoms with van der Waals surface area (Å²) >= 11 is 0. The van der Waals surface area contributed by atoms with Crippen molar-refractivity contribution in [3.05, 3.63) is 29.6 Å². The van der Waals surface area contributed by atoms with Crippen LogP contribution in [0.1, 0.15) is 18.4 Å². The van der Waals surface area contributed by atoms with Gasteiger partial charge >= 0.3 is 7.12 Å². The van der Waals surface area contributed by atoms with Gasteiger partial charge in [0.05, 0.1) is 6.61 Å². The second kappa shape index (κ2) is 5.43. The third-order valence-corrected chi connectivity index (χ3v) is 2.62. The maximum Gasteiger partial charge on any atom is 0.494 e. The lowest BCUT2D eigenvalue weighted by atomic mass is 9.79. The summed E-state index contributed by atoms with van der Waals surface area (Å²) in [5.74, 6) is -0.230. The first-order valence-corrected chi connectivity index (χ1v) is 5.53. The van der Waals surface area contributed by atoms with E-state index in [9.17, 15) is 4.39 Å². The zero-order valence-corrected chi connectivity index (χ0v) is 9.12. The molecular weight excluding hydrogens is 208 g/mol. The van der Waals surface area contributed by atoms with E-state index in [-0.39, 0.29) is 12.9 Å². The van der Waals surface area contributed by atoms with Crippen LogP contribution < -0.4 is 11.2 Å². The van der Waals surface area contributed by atoms with Gasteiger partial charge in [-0.05, 0) is 42.5 Å². The monoisotopic (exact) mass is 223 g/mol. The lowest BCUT2D eigenvalue weighted by molar-refractivity contribution is 0.208. The Hall–Kier alpha value is -0.905. The molecule has 3 nitrogen and oxygen atoms in total. The van der Waals surface area contributed by atoms with Crippen molar-refractivity contribution in [3.8, 4) is 0 Å². The fourth-order valence-electron chi connectivity index (χ4n) is 1.76. The number of hydrogen-bond donors (Lipinski definition) is 1. The first kappa shape index (κ1) is 11.6. The van der Waals surface area contributed by atoms with Gasteiger partial charge in [-0.3, -0.25) is 0 Å². The molecule has 2 N–H and O–H groups in total. The molecule has 86 valence electrons. The van der Waals surface area contributed by atoms with Crippen LogP contribution in [0.3, 0.4) is 0 Å². The predicted molar refractivity (Wildman–Crippen MR) is 60.8 cm³/mol. The van der Waals surface area contributed by atoms with E-state index < -0.39 is 0 Å². The van der Waals surface area contributed by atoms with Gasteiger partial charge in [0.2, 0.25) is 0 Å². The molecule has 0 atom stereocenters. The summed E-state index contributed by atoms with van der Waals surface area (Å²) in [7, 11) is -0.339. The minimum absolute atomic E-state index is 0.230. The van der Waals surface area contributed by atoms with Crippen LogP contribution in [0.4, 0.5) is 4.39 Å². The summed E-state index contributed by atoms with van der Waals surface area (Å²) in [5, 5.41) is 0. The molecule has 0 unspecified atom stereocenters. The molecule has 0 saturated heterocycles. The summed E-state index contributed by atoms with van der Waals surface area (Å²) in [6.45, 7) is 1.73. The van der Waals surface area contributed by atoms with Crippen LogP contribution in [0, 0.1) is 5.82 Å². The van der Waals surface area contributed by atoms with Crippen LogP contribution in [0.2, 0.25) is 0 Å². The van der Waals surface area contributed by atoms with E-state index in [1.54, 1.807) is 6.07 Å². The van der Waals surface area contributed by atoms with Gasteiger partial charge in [0.15, 0.2) is 0 Å². The number of nitrogens with two attached hydrogens (primary N) is 1. The second-order valence-corrected chi connectivity index (χ2v) is 3.85. The second-order valence-electron chi connectivity index (χ2n) is 3.85. The minimum atomic E-state index is -0.339. The SMILES string of the molecule is NCCCCOB1OCc2cc(F)ccc21. The highest BCUT2D eigenvalue weighted by Crippen LogP contribution is 2.13. The summed E-state index contributed by atoms with van der Waals surface area (Å²) < 4.78 is 23.9. The third-order valence-electron chi connectivity index (χ3n) is 2.62. The summed E-state index contributed by atoms with van der Waals surface area (Å²) in [6.07, 6.45) is 1.87. The van der Waals surface area contributed by atoms with Gasteiger partial charge in [0.25, 0.3) is 0 Å². The molecule has 0 aliphatic carbocycles. The van der Waals surface area contributed by atoms with Gasteiger partial charge in [-0.1, -0.05) is 6.07 Å². The van der Waals surface area contributed by atoms with E-state index in [1.807, 2.05) is 0 Å². The molecule has 0 saturated carbocycles. The number of halogens is 1. The van der Waals surface area contributed by atoms with Crippen LogP contribution in [-0.2, 0) is 15.9 Å². The van der Waals surface area contributed by atoms with Crippen molar-refractivity contribution < 1.29 is 13.7 Å². The van der Waals surface area contributed by atoms with Crippen molar-refractivity contribution in [2.75, 3.05) is 13.2 Å². The maximum absolute atomic E-state index is 12.9. The molecule has 0 amide bonds. The maximum atomic E-state index is 12.9. The van der Waals surface area contributed by atoms with Gasteiger partial charge < -0.3 is 15.0 Å². The summed E-state index contributed by atoms with van der Waals surface area (Å²) in [4.78, 5) is 0. The van der Waals surface area contributed by atoms with Crippen molar-refractivity contribution in [3.63, 3.8) is 0 Å². The Balaban J connectivity index is 1.91. The Kier molecular flexibility index (Phi) is 3.93. The Morgan fingerprint density at radius 2 is 2.31 bits per heavy atom. The molecular formula is C11H15BFNO2. The van der Waals surface area contributed by atoms with Crippen LogP contribution in [-0.4, -0.2) is 20.3 Å². The smallest absolute Gasteiger partial charge is 0.407 e. The van der Waals surface area contributed by atoms with E-state index >= 15 is 0 Å². The van der Waals surface area contributed by atoms with Gasteiger partial charge in [-0.25, -0.2) is 4.39 Å². The zero-order valence-electron chi connectivity index (χ0n) is 9.12. The summed E-state index contributed by atoms with van der Waals surface area (Å²) in [6, 6.07) is 4.66. The van der Waals surface area contributed by atoms with E-state index in [1.165, 1.54) is 12.1 Å². The van der Waals surface area contributed by atoms with E-state index in [4.69, 9.17) is 15.0 Å². The van der Waals surface area contributed by atoms with Gasteiger partial charge in [0.1, 0.15) is 5.82 Å². The molecule has 0 bridgehead atoms. The number of unbranched alkanes of at least 4 members (excludes halogenated alkanes) is 1. The number of rotatable bonds is 5. The molecule has 1 aromatic carbocycles. The lowest BCUT2D eigenvalue weighted by Crippen LogP contribution is -2.32. The first-order chi connectivity index (χ1) is 7.81. The molecule has 0 aromatic heterocycles. The molecule has 1 aromatic rings. The fourth-order valence-corrected chi connectivity index (χ4v) is 1.76. The lowest BCUT2D eigenvalue weighted by Gasteiger charge is -2.07. The van der Waals surface area contributed by atoms with Crippen LogP contribution in [0.5, 0.6) is 0 Å². The average molecular weight is 223 g/mol. The molecule has 5 heteroatoms. The van der Waals surface area contributed by atoms with Gasteiger partial charge in [-0.15, -0.1) is 0 Å². The number of fused-ring (bicyclic) bond motifs is 1. The molecule has 1 heterocycles. The highest BCUT2D eigenvalue weighted by Gasteiger charge is 2.30. The van der Waals surface area contributed by atoms with Crippen LogP contribution in [0.15, 0.2) is 18.2 Å². The Bertz CT molecular complexity index is 362. The highest BCUT2D eigenvalue weighted by atomic mass is 19.1. The van der Waals surface area contributed by atoms with Crippen LogP contribution >= 0.6 is 0 Å². The molecule has 2 rings (SSSR count). The van der Waals surface area contributed by atoms with Crippen molar-refractivity contribution >= 4 is 12.6 Å². The minimum Gasteiger partial charge on any atom is -0.407 e. The largest absolute Gasteiger partial charge is 0.494 e. The Morgan fingerprint density at radius 3 is 3.12 bits per heavy atom. The molecule has 1 aliphatic rings. The Labute approximate surface area is 94.9 Å². The predicted octanol–water partition coefficient (Wildman–Crippen LogP) is 0.807. The van der Waals surface area contributed by atoms with Crippen molar-refractivity contribution in [2.24, 2.45) is 5.73 Å². The molecule has 0 spiro atoms. The molecule has 1 aliphatic heterocycles. The Morgan fingerprint density at radius 1 is 1.44 bits per heavy atom. The van der Waals surface area contributed by atoms with Crippen molar-refractivity contribution in [1.29, 1.82) is 0 Å². The molecule has 16 heavy (non-hydrogen) atoms. The number of hydrogen-bond acceptors (Lipinski definition) is 3. The highest BCUT2D eigenvalue weighted by molar-refractivity contribution is 6.62. The van der Waals surface area contributed by atoms with Crippen molar-refractivity contribution in [2.45, 2.75) is 19.4 Å². The summed E-state index contributed by atoms with van der Waals surface area (Å²) in [5.41, 5.74) is 7.21. The zero-order chi connectivity index (χ0) is 11.4. The molecule has 0 radical (unpaired) electrons. The van der Waals surface area contributed by atoms with E-state index in [2.05, 4.69) is 0 Å². The quantitative estimate of drug-likeness (QED) is 0.593. The van der Waals surface area contributed by atoms with Gasteiger partial charge in [0, 0.05) is 6.61 Å². The van der Waals surface area contributed by atoms with E-state index in [0.29, 0.717) is 19.8 Å². The van der Waals surface area contributed by atoms with E-state index in [0.717, 1.165) is 23.9 Å². The first-order valence-electron chi connectivity index (χ1n) is 5.53. The standard InChI is InChI=1S/C11H15BFNO2/c13-10-3-4-11-9(7-10)8-16-12(11)15-6-2-1-5-14/h3-4,7H,1-2,5-6,8,14H2. The number of benzene rings is 1. The molecule has 0 fully saturated rings. The third kappa shape index (κ3) is 2.61. The van der Waals surface area contributed by atoms with Gasteiger partial charge in [-0.2, -0.15) is 0 Å². The topological polar surface area (TPSA) is 44.5 Å². The van der Waals surface area contributed by atoms with Crippen LogP contribution in [0.25, 0.3) is 0 Å². The average Bonchev–Trinajstić information content (AvgIpc) is 2.67. The fraction of sp³-hybridized carbons (Fsp3) is 0.455.